The van der Waals surface area contributed by atoms with Crippen molar-refractivity contribution < 1.29 is 14.3 Å². The van der Waals surface area contributed by atoms with Crippen molar-refractivity contribution in [2.24, 2.45) is 0 Å². The lowest BCUT2D eigenvalue weighted by Crippen LogP contribution is -2.33. The van der Waals surface area contributed by atoms with E-state index in [0.29, 0.717) is 37.2 Å². The Morgan fingerprint density at radius 1 is 1.07 bits per heavy atom. The van der Waals surface area contributed by atoms with Gasteiger partial charge in [0.15, 0.2) is 0 Å². The zero-order valence-electron chi connectivity index (χ0n) is 16.9. The lowest BCUT2D eigenvalue weighted by Gasteiger charge is -2.21. The molecule has 2 rings (SSSR count). The Labute approximate surface area is 166 Å². The van der Waals surface area contributed by atoms with Gasteiger partial charge in [-0.05, 0) is 43.0 Å². The minimum Gasteiger partial charge on any atom is -0.497 e. The fourth-order valence-corrected chi connectivity index (χ4v) is 2.97. The number of carbonyl (C=O) groups excluding carboxylic acids is 2. The highest BCUT2D eigenvalue weighted by Gasteiger charge is 2.16. The summed E-state index contributed by atoms with van der Waals surface area (Å²) in [6.45, 7) is 5.97. The first kappa shape index (κ1) is 21.4. The molecular weight excluding hydrogens is 354 g/mol. The van der Waals surface area contributed by atoms with E-state index in [2.05, 4.69) is 10.3 Å². The van der Waals surface area contributed by atoms with Gasteiger partial charge in [-0.3, -0.25) is 14.6 Å². The summed E-state index contributed by atoms with van der Waals surface area (Å²) in [5, 5.41) is 2.89. The van der Waals surface area contributed by atoms with E-state index in [1.165, 1.54) is 12.4 Å². The molecule has 2 amide bonds. The number of nitrogens with one attached hydrogen (secondary N) is 1. The molecule has 0 atom stereocenters. The molecule has 1 aromatic carbocycles. The number of carbonyl (C=O) groups is 2. The fraction of sp³-hybridized carbons (Fsp3) is 0.409. The quantitative estimate of drug-likeness (QED) is 0.683. The van der Waals surface area contributed by atoms with Gasteiger partial charge in [0, 0.05) is 32.0 Å². The van der Waals surface area contributed by atoms with Crippen molar-refractivity contribution in [2.75, 3.05) is 26.7 Å². The standard InChI is InChI=1S/C22H29N3O3/c1-4-11-25(12-5-2)22(27)19-14-18(15-23-16-19)21(26)24-10-9-17-7-6-8-20(13-17)28-3/h6-8,13-16H,4-5,9-12H2,1-3H3,(H,24,26). The molecule has 0 aliphatic heterocycles. The van der Waals surface area contributed by atoms with Crippen LogP contribution in [0.1, 0.15) is 53.0 Å². The molecular formula is C22H29N3O3. The van der Waals surface area contributed by atoms with Crippen LogP contribution in [0.3, 0.4) is 0 Å². The molecule has 6 heteroatoms. The molecule has 0 aliphatic carbocycles. The van der Waals surface area contributed by atoms with Gasteiger partial charge in [0.2, 0.25) is 0 Å². The predicted molar refractivity (Wildman–Crippen MR) is 110 cm³/mol. The van der Waals surface area contributed by atoms with E-state index in [4.69, 9.17) is 4.74 Å². The van der Waals surface area contributed by atoms with Gasteiger partial charge >= 0.3 is 0 Å². The number of benzene rings is 1. The van der Waals surface area contributed by atoms with Crippen LogP contribution in [0.2, 0.25) is 0 Å². The van der Waals surface area contributed by atoms with Crippen molar-refractivity contribution in [3.05, 3.63) is 59.4 Å². The van der Waals surface area contributed by atoms with Gasteiger partial charge in [0.25, 0.3) is 11.8 Å². The first-order valence-electron chi connectivity index (χ1n) is 9.74. The molecule has 150 valence electrons. The summed E-state index contributed by atoms with van der Waals surface area (Å²) in [4.78, 5) is 31.1. The van der Waals surface area contributed by atoms with E-state index in [1.54, 1.807) is 13.2 Å². The highest BCUT2D eigenvalue weighted by molar-refractivity contribution is 5.99. The molecule has 1 N–H and O–H groups in total. The van der Waals surface area contributed by atoms with Crippen LogP contribution in [-0.4, -0.2) is 48.4 Å². The Morgan fingerprint density at radius 3 is 2.46 bits per heavy atom. The minimum atomic E-state index is -0.234. The second kappa shape index (κ2) is 11.1. The fourth-order valence-electron chi connectivity index (χ4n) is 2.97. The molecule has 0 saturated heterocycles. The third-order valence-electron chi connectivity index (χ3n) is 4.36. The van der Waals surface area contributed by atoms with Crippen molar-refractivity contribution in [3.63, 3.8) is 0 Å². The van der Waals surface area contributed by atoms with Gasteiger partial charge in [0.1, 0.15) is 5.75 Å². The summed E-state index contributed by atoms with van der Waals surface area (Å²) >= 11 is 0. The Hall–Kier alpha value is -2.89. The lowest BCUT2D eigenvalue weighted by molar-refractivity contribution is 0.0755. The molecule has 0 bridgehead atoms. The molecule has 0 unspecified atom stereocenters. The second-order valence-corrected chi connectivity index (χ2v) is 6.61. The Kier molecular flexibility index (Phi) is 8.46. The number of nitrogens with zero attached hydrogens (tertiary/aromatic N) is 2. The van der Waals surface area contributed by atoms with E-state index in [0.717, 1.165) is 24.2 Å². The predicted octanol–water partition coefficient (Wildman–Crippen LogP) is 3.32. The molecule has 2 aromatic rings. The molecule has 6 nitrogen and oxygen atoms in total. The van der Waals surface area contributed by atoms with Crippen LogP contribution in [0.5, 0.6) is 5.75 Å². The number of methoxy groups -OCH3 is 1. The molecule has 0 saturated carbocycles. The molecule has 0 radical (unpaired) electrons. The Bertz CT molecular complexity index is 786. The minimum absolute atomic E-state index is 0.0813. The van der Waals surface area contributed by atoms with E-state index >= 15 is 0 Å². The maximum absolute atomic E-state index is 12.7. The smallest absolute Gasteiger partial charge is 0.255 e. The molecule has 0 aliphatic rings. The number of aromatic nitrogens is 1. The van der Waals surface area contributed by atoms with Crippen LogP contribution in [-0.2, 0) is 6.42 Å². The maximum Gasteiger partial charge on any atom is 0.255 e. The van der Waals surface area contributed by atoms with Gasteiger partial charge in [-0.25, -0.2) is 0 Å². The largest absolute Gasteiger partial charge is 0.497 e. The number of pyridine rings is 1. The second-order valence-electron chi connectivity index (χ2n) is 6.61. The Morgan fingerprint density at radius 2 is 1.79 bits per heavy atom. The summed E-state index contributed by atoms with van der Waals surface area (Å²) in [6.07, 6.45) is 5.48. The van der Waals surface area contributed by atoms with Gasteiger partial charge < -0.3 is 15.0 Å². The van der Waals surface area contributed by atoms with Crippen molar-refractivity contribution >= 4 is 11.8 Å². The normalized spacial score (nSPS) is 10.4. The van der Waals surface area contributed by atoms with Gasteiger partial charge in [-0.2, -0.15) is 0 Å². The van der Waals surface area contributed by atoms with Crippen molar-refractivity contribution in [2.45, 2.75) is 33.1 Å². The summed E-state index contributed by atoms with van der Waals surface area (Å²) in [6, 6.07) is 9.37. The van der Waals surface area contributed by atoms with Crippen LogP contribution < -0.4 is 10.1 Å². The van der Waals surface area contributed by atoms with Crippen LogP contribution in [0.15, 0.2) is 42.7 Å². The van der Waals surface area contributed by atoms with E-state index in [-0.39, 0.29) is 11.8 Å². The molecule has 28 heavy (non-hydrogen) atoms. The SMILES string of the molecule is CCCN(CCC)C(=O)c1cncc(C(=O)NCCc2cccc(OC)c2)c1. The number of hydrogen-bond donors (Lipinski definition) is 1. The molecule has 0 fully saturated rings. The zero-order chi connectivity index (χ0) is 20.4. The highest BCUT2D eigenvalue weighted by Crippen LogP contribution is 2.13. The van der Waals surface area contributed by atoms with Gasteiger partial charge in [-0.15, -0.1) is 0 Å². The van der Waals surface area contributed by atoms with Crippen LogP contribution >= 0.6 is 0 Å². The van der Waals surface area contributed by atoms with Crippen LogP contribution in [0.25, 0.3) is 0 Å². The first-order valence-corrected chi connectivity index (χ1v) is 9.74. The van der Waals surface area contributed by atoms with Crippen LogP contribution in [0.4, 0.5) is 0 Å². The van der Waals surface area contributed by atoms with Crippen molar-refractivity contribution in [1.82, 2.24) is 15.2 Å². The summed E-state index contributed by atoms with van der Waals surface area (Å²) in [7, 11) is 1.63. The van der Waals surface area contributed by atoms with Crippen molar-refractivity contribution in [3.8, 4) is 5.75 Å². The summed E-state index contributed by atoms with van der Waals surface area (Å²) < 4.78 is 5.21. The average molecular weight is 383 g/mol. The lowest BCUT2D eigenvalue weighted by atomic mass is 10.1. The van der Waals surface area contributed by atoms with E-state index in [9.17, 15) is 9.59 Å². The number of ether oxygens (including phenoxy) is 1. The van der Waals surface area contributed by atoms with E-state index < -0.39 is 0 Å². The number of hydrogen-bond acceptors (Lipinski definition) is 4. The molecule has 1 heterocycles. The van der Waals surface area contributed by atoms with E-state index in [1.807, 2.05) is 43.0 Å². The van der Waals surface area contributed by atoms with Gasteiger partial charge in [0.05, 0.1) is 18.2 Å². The Balaban J connectivity index is 1.98. The highest BCUT2D eigenvalue weighted by atomic mass is 16.5. The van der Waals surface area contributed by atoms with Gasteiger partial charge in [-0.1, -0.05) is 26.0 Å². The monoisotopic (exact) mass is 383 g/mol. The third kappa shape index (κ3) is 6.08. The topological polar surface area (TPSA) is 71.5 Å². The average Bonchev–Trinajstić information content (AvgIpc) is 2.73. The van der Waals surface area contributed by atoms with Crippen molar-refractivity contribution in [1.29, 1.82) is 0 Å². The third-order valence-corrected chi connectivity index (χ3v) is 4.36. The number of rotatable bonds is 10. The summed E-state index contributed by atoms with van der Waals surface area (Å²) in [5.74, 6) is 0.479. The zero-order valence-corrected chi connectivity index (χ0v) is 16.9. The molecule has 1 aromatic heterocycles. The number of amides is 2. The van der Waals surface area contributed by atoms with Crippen LogP contribution in [0, 0.1) is 0 Å². The molecule has 0 spiro atoms. The first-order chi connectivity index (χ1) is 13.6. The summed E-state index contributed by atoms with van der Waals surface area (Å²) in [5.41, 5.74) is 1.92. The maximum atomic E-state index is 12.7.